The number of benzene rings is 1. The maximum Gasteiger partial charge on any atom is 0.268 e. The third-order valence-electron chi connectivity index (χ3n) is 5.52. The number of hydrogen-bond acceptors (Lipinski definition) is 6. The first-order valence-corrected chi connectivity index (χ1v) is 11.1. The van der Waals surface area contributed by atoms with Crippen LogP contribution in [0.5, 0.6) is 5.75 Å². The van der Waals surface area contributed by atoms with E-state index in [1.807, 2.05) is 13.1 Å². The minimum Gasteiger partial charge on any atom is -0.490 e. The van der Waals surface area contributed by atoms with E-state index < -0.39 is 10.0 Å². The van der Waals surface area contributed by atoms with E-state index in [0.717, 1.165) is 42.9 Å². The van der Waals surface area contributed by atoms with E-state index in [1.54, 1.807) is 36.7 Å². The van der Waals surface area contributed by atoms with Crippen molar-refractivity contribution in [3.8, 4) is 5.75 Å². The zero-order valence-corrected chi connectivity index (χ0v) is 16.9. The molecule has 1 aromatic carbocycles. The van der Waals surface area contributed by atoms with Crippen LogP contribution in [0.25, 0.3) is 16.6 Å². The van der Waals surface area contributed by atoms with Gasteiger partial charge < -0.3 is 15.0 Å². The average molecular weight is 410 g/mol. The zero-order chi connectivity index (χ0) is 20.0. The standard InChI is InChI=1S/C21H22N4O3S/c1-24-11-12-28-20-13-16(4-5-18(20)24)29(26,27)25-14-17(15-6-9-22-10-7-15)21-19(25)3-2-8-23-21/h2-6,8,13-14,22H,7,9-12H2,1H3. The fourth-order valence-electron chi connectivity index (χ4n) is 3.94. The van der Waals surface area contributed by atoms with Gasteiger partial charge in [-0.2, -0.15) is 0 Å². The molecule has 0 fully saturated rings. The molecule has 0 amide bonds. The maximum atomic E-state index is 13.5. The predicted molar refractivity (Wildman–Crippen MR) is 113 cm³/mol. The first-order valence-electron chi connectivity index (χ1n) is 9.65. The van der Waals surface area contributed by atoms with Crippen molar-refractivity contribution in [2.45, 2.75) is 11.3 Å². The van der Waals surface area contributed by atoms with E-state index in [2.05, 4.69) is 21.3 Å². The number of aromatic nitrogens is 2. The first-order chi connectivity index (χ1) is 14.1. The van der Waals surface area contributed by atoms with Crippen LogP contribution in [0, 0.1) is 0 Å². The van der Waals surface area contributed by atoms with Gasteiger partial charge in [0, 0.05) is 37.6 Å². The highest BCUT2D eigenvalue weighted by Crippen LogP contribution is 2.35. The molecule has 5 rings (SSSR count). The number of hydrogen-bond donors (Lipinski definition) is 1. The van der Waals surface area contributed by atoms with Gasteiger partial charge in [-0.15, -0.1) is 0 Å². The minimum absolute atomic E-state index is 0.207. The van der Waals surface area contributed by atoms with Crippen molar-refractivity contribution < 1.29 is 13.2 Å². The predicted octanol–water partition coefficient (Wildman–Crippen LogP) is 2.48. The van der Waals surface area contributed by atoms with E-state index in [1.165, 1.54) is 3.97 Å². The highest BCUT2D eigenvalue weighted by Gasteiger charge is 2.25. The monoisotopic (exact) mass is 410 g/mol. The van der Waals surface area contributed by atoms with Gasteiger partial charge in [0.05, 0.1) is 28.2 Å². The van der Waals surface area contributed by atoms with Gasteiger partial charge in [0.2, 0.25) is 0 Å². The quantitative estimate of drug-likeness (QED) is 0.715. The highest BCUT2D eigenvalue weighted by atomic mass is 32.2. The molecule has 0 atom stereocenters. The maximum absolute atomic E-state index is 13.5. The van der Waals surface area contributed by atoms with Gasteiger partial charge in [-0.25, -0.2) is 12.4 Å². The van der Waals surface area contributed by atoms with Gasteiger partial charge in [-0.3, -0.25) is 4.98 Å². The zero-order valence-electron chi connectivity index (χ0n) is 16.1. The van der Waals surface area contributed by atoms with Crippen LogP contribution in [0.15, 0.2) is 53.7 Å². The van der Waals surface area contributed by atoms with Crippen LogP contribution in [0.1, 0.15) is 12.0 Å². The van der Waals surface area contributed by atoms with Crippen LogP contribution < -0.4 is 15.0 Å². The SMILES string of the molecule is CN1CCOc2cc(S(=O)(=O)n3cc(C4=CCNCC4)c4ncccc43)ccc21. The van der Waals surface area contributed by atoms with Crippen LogP contribution in [0.3, 0.4) is 0 Å². The molecular weight excluding hydrogens is 388 g/mol. The summed E-state index contributed by atoms with van der Waals surface area (Å²) >= 11 is 0. The Balaban J connectivity index is 1.66. The van der Waals surface area contributed by atoms with Crippen LogP contribution in [0.4, 0.5) is 5.69 Å². The van der Waals surface area contributed by atoms with Crippen molar-refractivity contribution in [2.75, 3.05) is 38.2 Å². The Morgan fingerprint density at radius 2 is 2.14 bits per heavy atom. The molecule has 8 heteroatoms. The topological polar surface area (TPSA) is 76.5 Å². The van der Waals surface area contributed by atoms with Crippen molar-refractivity contribution in [3.05, 3.63) is 54.4 Å². The molecule has 0 saturated heterocycles. The number of ether oxygens (including phenoxy) is 1. The fourth-order valence-corrected chi connectivity index (χ4v) is 5.32. The van der Waals surface area contributed by atoms with Gasteiger partial charge in [0.15, 0.2) is 0 Å². The average Bonchev–Trinajstić information content (AvgIpc) is 3.15. The van der Waals surface area contributed by atoms with Crippen molar-refractivity contribution in [1.29, 1.82) is 0 Å². The summed E-state index contributed by atoms with van der Waals surface area (Å²) in [4.78, 5) is 6.75. The molecule has 0 saturated carbocycles. The summed E-state index contributed by atoms with van der Waals surface area (Å²) in [6.07, 6.45) is 6.35. The van der Waals surface area contributed by atoms with Gasteiger partial charge in [0.25, 0.3) is 10.0 Å². The van der Waals surface area contributed by atoms with Gasteiger partial charge in [0.1, 0.15) is 12.4 Å². The molecule has 0 aliphatic carbocycles. The Hall–Kier alpha value is -2.84. The van der Waals surface area contributed by atoms with E-state index in [9.17, 15) is 8.42 Å². The summed E-state index contributed by atoms with van der Waals surface area (Å²) in [5, 5.41) is 3.29. The number of rotatable bonds is 3. The molecule has 2 aliphatic rings. The molecule has 2 aromatic heterocycles. The Morgan fingerprint density at radius 1 is 1.24 bits per heavy atom. The van der Waals surface area contributed by atoms with E-state index >= 15 is 0 Å². The molecule has 0 unspecified atom stereocenters. The molecule has 3 aromatic rings. The van der Waals surface area contributed by atoms with E-state index in [0.29, 0.717) is 23.4 Å². The van der Waals surface area contributed by atoms with Crippen molar-refractivity contribution in [2.24, 2.45) is 0 Å². The summed E-state index contributed by atoms with van der Waals surface area (Å²) in [6, 6.07) is 8.63. The number of pyridine rings is 1. The van der Waals surface area contributed by atoms with E-state index in [-0.39, 0.29) is 4.90 Å². The molecule has 2 aliphatic heterocycles. The number of fused-ring (bicyclic) bond motifs is 2. The molecule has 0 radical (unpaired) electrons. The number of nitrogens with one attached hydrogen (secondary N) is 1. The summed E-state index contributed by atoms with van der Waals surface area (Å²) in [6.45, 7) is 2.96. The molecule has 0 spiro atoms. The van der Waals surface area contributed by atoms with Gasteiger partial charge in [-0.05, 0) is 42.8 Å². The molecule has 0 bridgehead atoms. The Kier molecular flexibility index (Phi) is 4.33. The Labute approximate surface area is 169 Å². The van der Waals surface area contributed by atoms with Crippen molar-refractivity contribution >= 4 is 32.3 Å². The number of nitrogens with zero attached hydrogens (tertiary/aromatic N) is 3. The summed E-state index contributed by atoms with van der Waals surface area (Å²) in [7, 11) is -1.83. The normalized spacial score (nSPS) is 17.0. The lowest BCUT2D eigenvalue weighted by atomic mass is 10.0. The minimum atomic E-state index is -3.80. The Bertz CT molecular complexity index is 1230. The van der Waals surface area contributed by atoms with Crippen LogP contribution >= 0.6 is 0 Å². The van der Waals surface area contributed by atoms with Crippen LogP contribution in [-0.4, -0.2) is 50.7 Å². The van der Waals surface area contributed by atoms with Crippen molar-refractivity contribution in [1.82, 2.24) is 14.3 Å². The summed E-state index contributed by atoms with van der Waals surface area (Å²) in [5.74, 6) is 0.593. The second-order valence-electron chi connectivity index (χ2n) is 7.30. The molecule has 1 N–H and O–H groups in total. The van der Waals surface area contributed by atoms with Crippen molar-refractivity contribution in [3.63, 3.8) is 0 Å². The summed E-state index contributed by atoms with van der Waals surface area (Å²) < 4.78 is 34.1. The number of anilines is 1. The third-order valence-corrected chi connectivity index (χ3v) is 7.19. The lowest BCUT2D eigenvalue weighted by Crippen LogP contribution is -2.29. The second kappa shape index (κ2) is 6.89. The summed E-state index contributed by atoms with van der Waals surface area (Å²) in [5.41, 5.74) is 4.18. The highest BCUT2D eigenvalue weighted by molar-refractivity contribution is 7.90. The fraction of sp³-hybridized carbons (Fsp3) is 0.286. The Morgan fingerprint density at radius 3 is 2.97 bits per heavy atom. The van der Waals surface area contributed by atoms with Crippen LogP contribution in [0.2, 0.25) is 0 Å². The molecule has 150 valence electrons. The molecule has 29 heavy (non-hydrogen) atoms. The molecule has 7 nitrogen and oxygen atoms in total. The van der Waals surface area contributed by atoms with Gasteiger partial charge in [-0.1, -0.05) is 6.08 Å². The largest absolute Gasteiger partial charge is 0.490 e. The smallest absolute Gasteiger partial charge is 0.268 e. The second-order valence-corrected chi connectivity index (χ2v) is 9.11. The van der Waals surface area contributed by atoms with E-state index in [4.69, 9.17) is 4.74 Å². The number of likely N-dealkylation sites (N-methyl/N-ethyl adjacent to an activating group) is 1. The van der Waals surface area contributed by atoms with Gasteiger partial charge >= 0.3 is 0 Å². The third kappa shape index (κ3) is 2.99. The lowest BCUT2D eigenvalue weighted by Gasteiger charge is -2.27. The molecule has 4 heterocycles. The van der Waals surface area contributed by atoms with Crippen LogP contribution in [-0.2, 0) is 10.0 Å². The first kappa shape index (κ1) is 18.2. The molecular formula is C21H22N4O3S. The lowest BCUT2D eigenvalue weighted by molar-refractivity contribution is 0.310.